The standard InChI is InChI=1S/C16H25NO2S/c1-12-7-4-5-8-13(12)11-20(18,19)14-9-6-10-16(2,3)15(14)17/h4-5,7-8,14-15H,6,9-11,17H2,1-3H3. The monoisotopic (exact) mass is 295 g/mol. The fourth-order valence-corrected chi connectivity index (χ4v) is 5.42. The van der Waals surface area contributed by atoms with Gasteiger partial charge in [-0.3, -0.25) is 0 Å². The molecular weight excluding hydrogens is 270 g/mol. The summed E-state index contributed by atoms with van der Waals surface area (Å²) in [5.41, 5.74) is 8.08. The van der Waals surface area contributed by atoms with Gasteiger partial charge in [-0.25, -0.2) is 8.42 Å². The van der Waals surface area contributed by atoms with E-state index in [-0.39, 0.29) is 17.2 Å². The molecule has 3 nitrogen and oxygen atoms in total. The number of benzene rings is 1. The molecule has 1 aromatic carbocycles. The predicted octanol–water partition coefficient (Wildman–Crippen LogP) is 2.82. The first-order chi connectivity index (χ1) is 9.24. The van der Waals surface area contributed by atoms with Crippen molar-refractivity contribution in [1.29, 1.82) is 0 Å². The number of nitrogens with two attached hydrogens (primary N) is 1. The fraction of sp³-hybridized carbons (Fsp3) is 0.625. The highest BCUT2D eigenvalue weighted by molar-refractivity contribution is 7.91. The zero-order valence-corrected chi connectivity index (χ0v) is 13.4. The Labute approximate surface area is 122 Å². The molecule has 20 heavy (non-hydrogen) atoms. The minimum Gasteiger partial charge on any atom is -0.326 e. The van der Waals surface area contributed by atoms with Crippen LogP contribution in [0.1, 0.15) is 44.2 Å². The fourth-order valence-electron chi connectivity index (χ4n) is 3.11. The van der Waals surface area contributed by atoms with Gasteiger partial charge in [-0.15, -0.1) is 0 Å². The van der Waals surface area contributed by atoms with Gasteiger partial charge in [0.25, 0.3) is 0 Å². The van der Waals surface area contributed by atoms with Crippen molar-refractivity contribution in [2.24, 2.45) is 11.1 Å². The lowest BCUT2D eigenvalue weighted by Gasteiger charge is -2.41. The highest BCUT2D eigenvalue weighted by Gasteiger charge is 2.42. The summed E-state index contributed by atoms with van der Waals surface area (Å²) in [4.78, 5) is 0. The van der Waals surface area contributed by atoms with Crippen molar-refractivity contribution in [3.8, 4) is 0 Å². The SMILES string of the molecule is Cc1ccccc1CS(=O)(=O)C1CCCC(C)(C)C1N. The largest absolute Gasteiger partial charge is 0.326 e. The zero-order valence-electron chi connectivity index (χ0n) is 12.6. The van der Waals surface area contributed by atoms with Crippen LogP contribution in [0.15, 0.2) is 24.3 Å². The van der Waals surface area contributed by atoms with Gasteiger partial charge >= 0.3 is 0 Å². The van der Waals surface area contributed by atoms with Crippen LogP contribution in [0.4, 0.5) is 0 Å². The molecule has 0 radical (unpaired) electrons. The van der Waals surface area contributed by atoms with Crippen molar-refractivity contribution >= 4 is 9.84 Å². The van der Waals surface area contributed by atoms with Crippen LogP contribution in [0.5, 0.6) is 0 Å². The summed E-state index contributed by atoms with van der Waals surface area (Å²) in [5.74, 6) is 0.105. The first-order valence-corrected chi connectivity index (χ1v) is 8.97. The number of rotatable bonds is 3. The van der Waals surface area contributed by atoms with Crippen LogP contribution in [0.3, 0.4) is 0 Å². The average molecular weight is 295 g/mol. The molecule has 1 aliphatic rings. The van der Waals surface area contributed by atoms with E-state index < -0.39 is 15.1 Å². The minimum atomic E-state index is -3.20. The molecule has 0 heterocycles. The number of aryl methyl sites for hydroxylation is 1. The second-order valence-corrected chi connectivity index (χ2v) is 8.90. The maximum atomic E-state index is 12.7. The van der Waals surface area contributed by atoms with E-state index in [1.165, 1.54) is 0 Å². The summed E-state index contributed by atoms with van der Waals surface area (Å²) in [6.07, 6.45) is 2.64. The van der Waals surface area contributed by atoms with Crippen molar-refractivity contribution < 1.29 is 8.42 Å². The Kier molecular flexibility index (Phi) is 4.26. The molecule has 1 aliphatic carbocycles. The molecule has 0 saturated heterocycles. The Morgan fingerprint density at radius 3 is 2.60 bits per heavy atom. The molecule has 2 N–H and O–H groups in total. The van der Waals surface area contributed by atoms with E-state index in [1.807, 2.05) is 31.2 Å². The predicted molar refractivity (Wildman–Crippen MR) is 83.2 cm³/mol. The lowest BCUT2D eigenvalue weighted by molar-refractivity contribution is 0.204. The molecule has 0 aliphatic heterocycles. The first kappa shape index (κ1) is 15.5. The van der Waals surface area contributed by atoms with Crippen LogP contribution in [0.2, 0.25) is 0 Å². The molecular formula is C16H25NO2S. The average Bonchev–Trinajstić information content (AvgIpc) is 2.35. The van der Waals surface area contributed by atoms with Gasteiger partial charge in [-0.1, -0.05) is 44.5 Å². The summed E-state index contributed by atoms with van der Waals surface area (Å²) < 4.78 is 25.5. The number of sulfone groups is 1. The Morgan fingerprint density at radius 1 is 1.30 bits per heavy atom. The topological polar surface area (TPSA) is 60.2 Å². The molecule has 0 spiro atoms. The maximum Gasteiger partial charge on any atom is 0.158 e. The van der Waals surface area contributed by atoms with Gasteiger partial charge in [-0.05, 0) is 36.3 Å². The lowest BCUT2D eigenvalue weighted by Crippen LogP contribution is -2.52. The number of hydrogen-bond acceptors (Lipinski definition) is 3. The van der Waals surface area contributed by atoms with Crippen LogP contribution < -0.4 is 5.73 Å². The Hall–Kier alpha value is -0.870. The third kappa shape index (κ3) is 3.07. The van der Waals surface area contributed by atoms with Gasteiger partial charge in [0, 0.05) is 6.04 Å². The van der Waals surface area contributed by atoms with Crippen LogP contribution in [-0.4, -0.2) is 19.7 Å². The van der Waals surface area contributed by atoms with Gasteiger partial charge in [0.15, 0.2) is 9.84 Å². The minimum absolute atomic E-state index is 0.0955. The quantitative estimate of drug-likeness (QED) is 0.932. The molecule has 1 saturated carbocycles. The van der Waals surface area contributed by atoms with E-state index in [1.54, 1.807) is 0 Å². The Morgan fingerprint density at radius 2 is 1.95 bits per heavy atom. The van der Waals surface area contributed by atoms with Crippen LogP contribution in [-0.2, 0) is 15.6 Å². The van der Waals surface area contributed by atoms with Gasteiger partial charge in [0.05, 0.1) is 11.0 Å². The molecule has 2 atom stereocenters. The molecule has 2 rings (SSSR count). The van der Waals surface area contributed by atoms with Crippen LogP contribution in [0, 0.1) is 12.3 Å². The van der Waals surface area contributed by atoms with Crippen LogP contribution >= 0.6 is 0 Å². The molecule has 112 valence electrons. The van der Waals surface area contributed by atoms with Crippen molar-refractivity contribution in [2.45, 2.75) is 57.1 Å². The second kappa shape index (κ2) is 5.49. The van der Waals surface area contributed by atoms with Gasteiger partial charge in [0.1, 0.15) is 0 Å². The Bertz CT molecular complexity index is 578. The van der Waals surface area contributed by atoms with Crippen molar-refractivity contribution in [2.75, 3.05) is 0 Å². The summed E-state index contributed by atoms with van der Waals surface area (Å²) in [6.45, 7) is 6.11. The first-order valence-electron chi connectivity index (χ1n) is 7.26. The molecule has 0 bridgehead atoms. The normalized spacial score (nSPS) is 26.4. The molecule has 0 aromatic heterocycles. The smallest absolute Gasteiger partial charge is 0.158 e. The summed E-state index contributed by atoms with van der Waals surface area (Å²) in [7, 11) is -3.20. The van der Waals surface area contributed by atoms with Gasteiger partial charge in [0.2, 0.25) is 0 Å². The van der Waals surface area contributed by atoms with E-state index in [9.17, 15) is 8.42 Å². The van der Waals surface area contributed by atoms with Crippen molar-refractivity contribution in [3.05, 3.63) is 35.4 Å². The zero-order chi connectivity index (χ0) is 15.0. The highest BCUT2D eigenvalue weighted by atomic mass is 32.2. The molecule has 1 aromatic rings. The van der Waals surface area contributed by atoms with E-state index in [0.717, 1.165) is 24.0 Å². The highest BCUT2D eigenvalue weighted by Crippen LogP contribution is 2.38. The molecule has 2 unspecified atom stereocenters. The van der Waals surface area contributed by atoms with Gasteiger partial charge in [-0.2, -0.15) is 0 Å². The molecule has 0 amide bonds. The number of hydrogen-bond donors (Lipinski definition) is 1. The summed E-state index contributed by atoms with van der Waals surface area (Å²) in [5, 5.41) is -0.411. The third-order valence-electron chi connectivity index (χ3n) is 4.69. The summed E-state index contributed by atoms with van der Waals surface area (Å²) >= 11 is 0. The van der Waals surface area contributed by atoms with Crippen molar-refractivity contribution in [3.63, 3.8) is 0 Å². The molecule has 1 fully saturated rings. The van der Waals surface area contributed by atoms with E-state index in [4.69, 9.17) is 5.73 Å². The third-order valence-corrected chi connectivity index (χ3v) is 6.86. The Balaban J connectivity index is 2.25. The second-order valence-electron chi connectivity index (χ2n) is 6.68. The van der Waals surface area contributed by atoms with E-state index >= 15 is 0 Å². The van der Waals surface area contributed by atoms with E-state index in [2.05, 4.69) is 13.8 Å². The molecule has 4 heteroatoms. The van der Waals surface area contributed by atoms with E-state index in [0.29, 0.717) is 6.42 Å². The van der Waals surface area contributed by atoms with Crippen molar-refractivity contribution in [1.82, 2.24) is 0 Å². The van der Waals surface area contributed by atoms with Crippen LogP contribution in [0.25, 0.3) is 0 Å². The van der Waals surface area contributed by atoms with Gasteiger partial charge < -0.3 is 5.73 Å². The maximum absolute atomic E-state index is 12.7. The lowest BCUT2D eigenvalue weighted by atomic mass is 9.73. The summed E-state index contributed by atoms with van der Waals surface area (Å²) in [6, 6.07) is 7.40.